The molecule has 0 aromatic heterocycles. The number of nitrogens with zero attached hydrogens (tertiary/aromatic N) is 1. The van der Waals surface area contributed by atoms with Crippen molar-refractivity contribution in [2.75, 3.05) is 32.9 Å². The summed E-state index contributed by atoms with van der Waals surface area (Å²) >= 11 is 0. The van der Waals surface area contributed by atoms with Gasteiger partial charge in [-0.15, -0.1) is 0 Å². The molecule has 1 heterocycles. The number of aliphatic hydroxyl groups is 1. The fraction of sp³-hybridized carbons (Fsp3) is 0.409. The van der Waals surface area contributed by atoms with Crippen molar-refractivity contribution in [3.8, 4) is 17.2 Å². The quantitative estimate of drug-likeness (QED) is 0.292. The largest absolute Gasteiger partial charge is 0.493 e. The van der Waals surface area contributed by atoms with E-state index in [-0.39, 0.29) is 29.8 Å². The number of aryl methyl sites for hydroxylation is 1. The molecular weight excluding hydrogens is 434 g/mol. The van der Waals surface area contributed by atoms with E-state index < -0.39 is 10.1 Å². The Balaban J connectivity index is 1.64. The van der Waals surface area contributed by atoms with Gasteiger partial charge in [-0.1, -0.05) is 6.07 Å². The molecule has 4 N–H and O–H groups in total. The number of rotatable bonds is 9. The first-order valence-electron chi connectivity index (χ1n) is 10.4. The van der Waals surface area contributed by atoms with Gasteiger partial charge in [-0.3, -0.25) is 5.41 Å². The summed E-state index contributed by atoms with van der Waals surface area (Å²) in [5.74, 6) is 1.45. The van der Waals surface area contributed by atoms with Crippen LogP contribution in [0.1, 0.15) is 18.4 Å². The predicted octanol–water partition coefficient (Wildman–Crippen LogP) is 2.12. The first kappa shape index (κ1) is 23.7. The zero-order valence-electron chi connectivity index (χ0n) is 18.0. The molecule has 10 heteroatoms. The number of piperidine rings is 1. The van der Waals surface area contributed by atoms with Crippen molar-refractivity contribution in [3.63, 3.8) is 0 Å². The summed E-state index contributed by atoms with van der Waals surface area (Å²) < 4.78 is 42.0. The van der Waals surface area contributed by atoms with E-state index in [1.807, 2.05) is 17.9 Å². The minimum atomic E-state index is -4.08. The third-order valence-electron chi connectivity index (χ3n) is 5.13. The van der Waals surface area contributed by atoms with Crippen LogP contribution in [0.5, 0.6) is 17.2 Å². The molecule has 0 aliphatic carbocycles. The third-order valence-corrected chi connectivity index (χ3v) is 6.37. The highest BCUT2D eigenvalue weighted by Crippen LogP contribution is 2.28. The van der Waals surface area contributed by atoms with Crippen LogP contribution in [0.2, 0.25) is 0 Å². The lowest BCUT2D eigenvalue weighted by Gasteiger charge is -2.32. The van der Waals surface area contributed by atoms with Gasteiger partial charge in [0.2, 0.25) is 0 Å². The second-order valence-electron chi connectivity index (χ2n) is 7.69. The van der Waals surface area contributed by atoms with Gasteiger partial charge in [-0.2, -0.15) is 8.42 Å². The third kappa shape index (κ3) is 6.51. The zero-order valence-corrected chi connectivity index (χ0v) is 18.8. The maximum Gasteiger partial charge on any atom is 0.339 e. The summed E-state index contributed by atoms with van der Waals surface area (Å²) in [5.41, 5.74) is 6.34. The molecular formula is C22H29N3O6S. The maximum absolute atomic E-state index is 12.7. The van der Waals surface area contributed by atoms with Gasteiger partial charge >= 0.3 is 10.1 Å². The Bertz CT molecular complexity index is 1040. The Morgan fingerprint density at radius 1 is 1.12 bits per heavy atom. The van der Waals surface area contributed by atoms with Crippen molar-refractivity contribution in [1.29, 1.82) is 5.41 Å². The van der Waals surface area contributed by atoms with Crippen LogP contribution in [0.3, 0.4) is 0 Å². The van der Waals surface area contributed by atoms with Crippen molar-refractivity contribution in [2.45, 2.75) is 24.7 Å². The first-order valence-corrected chi connectivity index (χ1v) is 11.8. The first-order chi connectivity index (χ1) is 15.3. The highest BCUT2D eigenvalue weighted by atomic mass is 32.2. The molecule has 0 bridgehead atoms. The van der Waals surface area contributed by atoms with Crippen molar-refractivity contribution in [1.82, 2.24) is 4.90 Å². The number of hydrogen-bond acceptors (Lipinski definition) is 7. The van der Waals surface area contributed by atoms with Crippen molar-refractivity contribution in [3.05, 3.63) is 48.0 Å². The lowest BCUT2D eigenvalue weighted by molar-refractivity contribution is 0.180. The van der Waals surface area contributed by atoms with Gasteiger partial charge in [0.1, 0.15) is 28.8 Å². The van der Waals surface area contributed by atoms with Crippen LogP contribution >= 0.6 is 0 Å². The molecule has 174 valence electrons. The average molecular weight is 464 g/mol. The molecule has 2 aromatic carbocycles. The summed E-state index contributed by atoms with van der Waals surface area (Å²) in [4.78, 5) is 1.79. The Labute approximate surface area is 188 Å². The number of aliphatic hydroxyl groups excluding tert-OH is 1. The Morgan fingerprint density at radius 3 is 2.53 bits per heavy atom. The SMILES string of the molecule is Cc1cc(OCC2CCN(C(=N)N)CC2)cc(OS(=O)(=O)c2cccc(OCCO)c2)c1. The Kier molecular flexibility index (Phi) is 7.81. The minimum Gasteiger partial charge on any atom is -0.493 e. The van der Waals surface area contributed by atoms with Gasteiger partial charge in [0, 0.05) is 25.2 Å². The van der Waals surface area contributed by atoms with E-state index in [1.165, 1.54) is 12.1 Å². The summed E-state index contributed by atoms with van der Waals surface area (Å²) in [6, 6.07) is 10.9. The van der Waals surface area contributed by atoms with Crippen LogP contribution in [-0.2, 0) is 10.1 Å². The van der Waals surface area contributed by atoms with Crippen LogP contribution in [-0.4, -0.2) is 57.3 Å². The lowest BCUT2D eigenvalue weighted by Crippen LogP contribution is -2.43. The smallest absolute Gasteiger partial charge is 0.339 e. The van der Waals surface area contributed by atoms with Gasteiger partial charge in [-0.05, 0) is 55.5 Å². The van der Waals surface area contributed by atoms with Crippen molar-refractivity contribution in [2.24, 2.45) is 11.7 Å². The van der Waals surface area contributed by atoms with Crippen LogP contribution in [0.25, 0.3) is 0 Å². The normalized spacial score (nSPS) is 14.8. The number of ether oxygens (including phenoxy) is 2. The highest BCUT2D eigenvalue weighted by molar-refractivity contribution is 7.87. The second-order valence-corrected chi connectivity index (χ2v) is 9.24. The monoisotopic (exact) mass is 463 g/mol. The van der Waals surface area contributed by atoms with E-state index in [1.54, 1.807) is 24.3 Å². The van der Waals surface area contributed by atoms with E-state index in [9.17, 15) is 8.42 Å². The second kappa shape index (κ2) is 10.6. The van der Waals surface area contributed by atoms with Crippen LogP contribution in [0.4, 0.5) is 0 Å². The van der Waals surface area contributed by atoms with Gasteiger partial charge in [0.15, 0.2) is 5.96 Å². The summed E-state index contributed by atoms with van der Waals surface area (Å²) in [5, 5.41) is 16.4. The molecule has 1 aliphatic rings. The Morgan fingerprint density at radius 2 is 1.84 bits per heavy atom. The highest BCUT2D eigenvalue weighted by Gasteiger charge is 2.21. The summed E-state index contributed by atoms with van der Waals surface area (Å²) in [6.07, 6.45) is 1.75. The maximum atomic E-state index is 12.7. The van der Waals surface area contributed by atoms with Crippen molar-refractivity contribution >= 4 is 16.1 Å². The van der Waals surface area contributed by atoms with E-state index in [4.69, 9.17) is 29.9 Å². The zero-order chi connectivity index (χ0) is 23.1. The molecule has 0 saturated carbocycles. The molecule has 32 heavy (non-hydrogen) atoms. The summed E-state index contributed by atoms with van der Waals surface area (Å²) in [7, 11) is -4.08. The van der Waals surface area contributed by atoms with E-state index in [2.05, 4.69) is 0 Å². The molecule has 0 unspecified atom stereocenters. The fourth-order valence-corrected chi connectivity index (χ4v) is 4.41. The number of nitrogens with two attached hydrogens (primary N) is 1. The van der Waals surface area contributed by atoms with E-state index in [0.717, 1.165) is 31.5 Å². The van der Waals surface area contributed by atoms with Crippen LogP contribution < -0.4 is 19.4 Å². The molecule has 0 atom stereocenters. The molecule has 1 saturated heterocycles. The number of likely N-dealkylation sites (tertiary alicyclic amines) is 1. The molecule has 2 aromatic rings. The predicted molar refractivity (Wildman–Crippen MR) is 120 cm³/mol. The van der Waals surface area contributed by atoms with Gasteiger partial charge in [0.25, 0.3) is 0 Å². The van der Waals surface area contributed by atoms with Gasteiger partial charge < -0.3 is 29.4 Å². The summed E-state index contributed by atoms with van der Waals surface area (Å²) in [6.45, 7) is 3.68. The standard InChI is InChI=1S/C22H29N3O6S/c1-16-11-19(30-15-17-5-7-25(8-6-17)22(23)24)13-20(12-16)31-32(27,28)21-4-2-3-18(14-21)29-10-9-26/h2-4,11-14,17,26H,5-10,15H2,1H3,(H3,23,24). The van der Waals surface area contributed by atoms with E-state index >= 15 is 0 Å². The average Bonchev–Trinajstić information content (AvgIpc) is 2.76. The molecule has 1 aliphatic heterocycles. The number of hydrogen-bond donors (Lipinski definition) is 3. The number of nitrogens with one attached hydrogen (secondary N) is 1. The molecule has 0 amide bonds. The lowest BCUT2D eigenvalue weighted by atomic mass is 9.98. The topological polar surface area (TPSA) is 135 Å². The molecule has 3 rings (SSSR count). The van der Waals surface area contributed by atoms with Crippen LogP contribution in [0.15, 0.2) is 47.4 Å². The minimum absolute atomic E-state index is 0.0471. The number of benzene rings is 2. The Hall–Kier alpha value is -2.98. The molecule has 0 spiro atoms. The van der Waals surface area contributed by atoms with Crippen LogP contribution in [0, 0.1) is 18.3 Å². The van der Waals surface area contributed by atoms with Gasteiger partial charge in [0.05, 0.1) is 13.2 Å². The molecule has 1 fully saturated rings. The molecule has 9 nitrogen and oxygen atoms in total. The van der Waals surface area contributed by atoms with E-state index in [0.29, 0.717) is 24.0 Å². The van der Waals surface area contributed by atoms with Gasteiger partial charge in [-0.25, -0.2) is 0 Å². The fourth-order valence-electron chi connectivity index (χ4n) is 3.46. The molecule has 0 radical (unpaired) electrons. The van der Waals surface area contributed by atoms with Crippen molar-refractivity contribution < 1.29 is 27.2 Å². The number of guanidine groups is 1.